The van der Waals surface area contributed by atoms with Crippen molar-refractivity contribution in [3.8, 4) is 0 Å². The monoisotopic (exact) mass is 332 g/mol. The average Bonchev–Trinajstić information content (AvgIpc) is 2.80. The summed E-state index contributed by atoms with van der Waals surface area (Å²) in [6, 6.07) is 1.66. The van der Waals surface area contributed by atoms with Crippen molar-refractivity contribution in [2.45, 2.75) is 18.0 Å². The van der Waals surface area contributed by atoms with Crippen LogP contribution in [0.1, 0.15) is 16.7 Å². The zero-order valence-corrected chi connectivity index (χ0v) is 13.3. The number of thiophene rings is 1. The number of hydrogen-bond acceptors (Lipinski definition) is 3. The molecular formula is C14H15F3N2S2. The molecule has 0 amide bonds. The van der Waals surface area contributed by atoms with Gasteiger partial charge in [-0.05, 0) is 13.0 Å². The van der Waals surface area contributed by atoms with E-state index in [1.165, 1.54) is 18.3 Å². The third-order valence-corrected chi connectivity index (χ3v) is 6.16. The summed E-state index contributed by atoms with van der Waals surface area (Å²) in [6.45, 7) is 5.26. The molecular weight excluding hydrogens is 317 g/mol. The molecule has 0 aliphatic carbocycles. The smallest absolute Gasteiger partial charge is 0.365 e. The van der Waals surface area contributed by atoms with Crippen molar-refractivity contribution in [2.24, 2.45) is 0 Å². The number of alkyl halides is 3. The molecule has 21 heavy (non-hydrogen) atoms. The second kappa shape index (κ2) is 5.46. The highest BCUT2D eigenvalue weighted by atomic mass is 32.2. The molecule has 7 heteroatoms. The Morgan fingerprint density at radius 2 is 2.14 bits per heavy atom. The highest BCUT2D eigenvalue weighted by Gasteiger charge is 2.37. The SMILES string of the molecule is C=C1c2sc(C(=N)/C(=C\C)C(F)(F)F)cc2S(=C)CN1C. The second-order valence-electron chi connectivity index (χ2n) is 4.65. The zero-order valence-electron chi connectivity index (χ0n) is 11.7. The summed E-state index contributed by atoms with van der Waals surface area (Å²) in [7, 11) is 1.56. The fraction of sp³-hybridized carbons (Fsp3) is 0.286. The molecule has 0 saturated heterocycles. The van der Waals surface area contributed by atoms with Crippen molar-refractivity contribution in [2.75, 3.05) is 12.9 Å². The predicted octanol–water partition coefficient (Wildman–Crippen LogP) is 4.56. The van der Waals surface area contributed by atoms with E-state index in [-0.39, 0.29) is 10.5 Å². The van der Waals surface area contributed by atoms with Gasteiger partial charge >= 0.3 is 6.18 Å². The molecule has 0 bridgehead atoms. The Morgan fingerprint density at radius 3 is 2.67 bits per heavy atom. The minimum Gasteiger partial charge on any atom is -0.365 e. The van der Waals surface area contributed by atoms with Crippen LogP contribution in [0, 0.1) is 5.41 Å². The summed E-state index contributed by atoms with van der Waals surface area (Å²) in [5.74, 6) is 4.75. The summed E-state index contributed by atoms with van der Waals surface area (Å²) in [4.78, 5) is 3.99. The van der Waals surface area contributed by atoms with Gasteiger partial charge in [0.25, 0.3) is 0 Å². The number of fused-ring (bicyclic) bond motifs is 1. The number of allylic oxidation sites excluding steroid dienone is 2. The molecule has 1 aromatic rings. The van der Waals surface area contributed by atoms with Gasteiger partial charge in [0.05, 0.1) is 26.9 Å². The van der Waals surface area contributed by atoms with Crippen LogP contribution in [0.15, 0.2) is 29.2 Å². The van der Waals surface area contributed by atoms with Crippen molar-refractivity contribution in [3.63, 3.8) is 0 Å². The van der Waals surface area contributed by atoms with Crippen LogP contribution in [0.5, 0.6) is 0 Å². The topological polar surface area (TPSA) is 27.1 Å². The third-order valence-electron chi connectivity index (χ3n) is 3.19. The predicted molar refractivity (Wildman–Crippen MR) is 85.6 cm³/mol. The molecule has 1 aromatic heterocycles. The lowest BCUT2D eigenvalue weighted by atomic mass is 10.1. The van der Waals surface area contributed by atoms with Crippen molar-refractivity contribution in [1.29, 1.82) is 5.41 Å². The van der Waals surface area contributed by atoms with Crippen LogP contribution in [0.4, 0.5) is 13.2 Å². The van der Waals surface area contributed by atoms with E-state index >= 15 is 0 Å². The Hall–Kier alpha value is -1.34. The molecule has 0 fully saturated rings. The maximum absolute atomic E-state index is 12.9. The van der Waals surface area contributed by atoms with Crippen LogP contribution >= 0.6 is 21.8 Å². The summed E-state index contributed by atoms with van der Waals surface area (Å²) in [5, 5.41) is 7.87. The maximum Gasteiger partial charge on any atom is 0.418 e. The van der Waals surface area contributed by atoms with Crippen LogP contribution in [0.25, 0.3) is 5.70 Å². The first-order valence-electron chi connectivity index (χ1n) is 6.04. The molecule has 2 rings (SSSR count). The molecule has 1 aliphatic heterocycles. The summed E-state index contributed by atoms with van der Waals surface area (Å²) in [6.07, 6.45) is -3.58. The van der Waals surface area contributed by atoms with Crippen LogP contribution in [-0.4, -0.2) is 35.6 Å². The van der Waals surface area contributed by atoms with Gasteiger partial charge in [0.1, 0.15) is 0 Å². The van der Waals surface area contributed by atoms with E-state index in [9.17, 15) is 13.2 Å². The van der Waals surface area contributed by atoms with Gasteiger partial charge in [0.15, 0.2) is 0 Å². The number of nitrogens with zero attached hydrogens (tertiary/aromatic N) is 1. The van der Waals surface area contributed by atoms with Gasteiger partial charge < -0.3 is 4.90 Å². The molecule has 2 heterocycles. The van der Waals surface area contributed by atoms with Crippen molar-refractivity contribution < 1.29 is 13.2 Å². The lowest BCUT2D eigenvalue weighted by Crippen LogP contribution is -2.19. The van der Waals surface area contributed by atoms with E-state index in [1.54, 1.807) is 6.07 Å². The van der Waals surface area contributed by atoms with E-state index in [4.69, 9.17) is 5.41 Å². The van der Waals surface area contributed by atoms with Gasteiger partial charge in [-0.25, -0.2) is 0 Å². The number of rotatable bonds is 2. The minimum absolute atomic E-state index is 0.308. The Morgan fingerprint density at radius 1 is 1.52 bits per heavy atom. The van der Waals surface area contributed by atoms with E-state index in [0.717, 1.165) is 21.5 Å². The van der Waals surface area contributed by atoms with Crippen molar-refractivity contribution in [3.05, 3.63) is 34.0 Å². The highest BCUT2D eigenvalue weighted by Crippen LogP contribution is 2.45. The molecule has 2 nitrogen and oxygen atoms in total. The van der Waals surface area contributed by atoms with Crippen LogP contribution in [0.3, 0.4) is 0 Å². The van der Waals surface area contributed by atoms with E-state index in [0.29, 0.717) is 10.8 Å². The Balaban J connectivity index is 2.47. The average molecular weight is 332 g/mol. The van der Waals surface area contributed by atoms with Gasteiger partial charge in [-0.1, -0.05) is 18.5 Å². The van der Waals surface area contributed by atoms with Gasteiger partial charge in [0, 0.05) is 17.6 Å². The largest absolute Gasteiger partial charge is 0.418 e. The molecule has 0 radical (unpaired) electrons. The Bertz CT molecular complexity index is 668. The number of hydrogen-bond donors (Lipinski definition) is 1. The Labute approximate surface area is 128 Å². The van der Waals surface area contributed by atoms with Crippen molar-refractivity contribution >= 4 is 39.1 Å². The van der Waals surface area contributed by atoms with E-state index in [2.05, 4.69) is 12.4 Å². The first-order chi connectivity index (χ1) is 9.66. The molecule has 114 valence electrons. The summed E-state index contributed by atoms with van der Waals surface area (Å²) < 4.78 is 38.7. The van der Waals surface area contributed by atoms with Crippen LogP contribution < -0.4 is 0 Å². The zero-order chi connectivity index (χ0) is 15.9. The molecule has 1 unspecified atom stereocenters. The minimum atomic E-state index is -4.52. The van der Waals surface area contributed by atoms with Gasteiger partial charge in [-0.15, -0.1) is 21.8 Å². The molecule has 1 atom stereocenters. The quantitative estimate of drug-likeness (QED) is 0.624. The number of halogens is 3. The highest BCUT2D eigenvalue weighted by molar-refractivity contribution is 8.14. The summed E-state index contributed by atoms with van der Waals surface area (Å²) >= 11 is 1.18. The molecule has 0 aromatic carbocycles. The fourth-order valence-electron chi connectivity index (χ4n) is 2.05. The standard InChI is InChI=1S/C14H15F3N2S2/c1-5-9(14(15,16)17)12(18)10-6-11-13(20-10)8(2)19(3)7-21(11)4/h5-6,18H,2,4,7H2,1,3H3/b9-5+,18-12?. The number of nitrogens with one attached hydrogen (secondary N) is 1. The lowest BCUT2D eigenvalue weighted by Gasteiger charge is -2.28. The fourth-order valence-corrected chi connectivity index (χ4v) is 5.07. The normalized spacial score (nSPS) is 19.7. The van der Waals surface area contributed by atoms with Crippen LogP contribution in [-0.2, 0) is 0 Å². The first-order valence-corrected chi connectivity index (χ1v) is 8.42. The summed E-state index contributed by atoms with van der Waals surface area (Å²) in [5.41, 5.74) is -0.628. The van der Waals surface area contributed by atoms with Gasteiger partial charge in [-0.3, -0.25) is 5.41 Å². The van der Waals surface area contributed by atoms with Crippen LogP contribution in [0.2, 0.25) is 0 Å². The molecule has 1 N–H and O–H groups in total. The first kappa shape index (κ1) is 16.0. The van der Waals surface area contributed by atoms with Gasteiger partial charge in [0.2, 0.25) is 0 Å². The van der Waals surface area contributed by atoms with E-state index < -0.39 is 17.5 Å². The van der Waals surface area contributed by atoms with Gasteiger partial charge in [-0.2, -0.15) is 13.2 Å². The Kier molecular flexibility index (Phi) is 4.17. The lowest BCUT2D eigenvalue weighted by molar-refractivity contribution is -0.0861. The van der Waals surface area contributed by atoms with Crippen molar-refractivity contribution in [1.82, 2.24) is 4.90 Å². The second-order valence-corrected chi connectivity index (χ2v) is 7.38. The molecule has 1 aliphatic rings. The molecule has 0 saturated carbocycles. The third kappa shape index (κ3) is 2.85. The maximum atomic E-state index is 12.9. The molecule has 0 spiro atoms. The van der Waals surface area contributed by atoms with E-state index in [1.807, 2.05) is 11.9 Å².